The topological polar surface area (TPSA) is 62.5 Å². The molecule has 6 nitrogen and oxygen atoms in total. The lowest BCUT2D eigenvalue weighted by atomic mass is 9.98. The molecule has 0 aromatic carbocycles. The predicted octanol–water partition coefficient (Wildman–Crippen LogP) is 3.15. The predicted molar refractivity (Wildman–Crippen MR) is 98.7 cm³/mol. The third kappa shape index (κ3) is 4.27. The summed E-state index contributed by atoms with van der Waals surface area (Å²) in [7, 11) is 0. The number of carbonyl (C=O) groups is 1. The van der Waals surface area contributed by atoms with Crippen LogP contribution in [0.1, 0.15) is 43.4 Å². The second-order valence-electron chi connectivity index (χ2n) is 6.50. The zero-order chi connectivity index (χ0) is 17.8. The van der Waals surface area contributed by atoms with Gasteiger partial charge in [-0.05, 0) is 52.3 Å². The average Bonchev–Trinajstić information content (AvgIpc) is 3.25. The molecule has 0 unspecified atom stereocenters. The fraction of sp³-hybridized carbons (Fsp3) is 0.611. The molecule has 1 amide bonds. The number of aromatic nitrogens is 2. The van der Waals surface area contributed by atoms with Crippen LogP contribution in [0, 0.1) is 6.92 Å². The highest BCUT2D eigenvalue weighted by Crippen LogP contribution is 2.31. The van der Waals surface area contributed by atoms with E-state index in [1.54, 1.807) is 11.3 Å². The maximum atomic E-state index is 12.3. The van der Waals surface area contributed by atoms with Gasteiger partial charge in [-0.25, -0.2) is 0 Å². The minimum absolute atomic E-state index is 0.200. The van der Waals surface area contributed by atoms with Crippen molar-refractivity contribution in [3.05, 3.63) is 22.9 Å². The molecule has 2 aromatic rings. The number of hydrogen-bond donors (Lipinski definition) is 0. The molecule has 2 aromatic heterocycles. The Bertz CT molecular complexity index is 708. The summed E-state index contributed by atoms with van der Waals surface area (Å²) in [6.07, 6.45) is 2.08. The van der Waals surface area contributed by atoms with Gasteiger partial charge in [0.05, 0.1) is 17.3 Å². The van der Waals surface area contributed by atoms with Crippen LogP contribution in [-0.4, -0.2) is 58.6 Å². The Morgan fingerprint density at radius 2 is 2.16 bits per heavy atom. The van der Waals surface area contributed by atoms with E-state index in [-0.39, 0.29) is 11.8 Å². The van der Waals surface area contributed by atoms with Gasteiger partial charge >= 0.3 is 0 Å². The van der Waals surface area contributed by atoms with E-state index < -0.39 is 0 Å². The summed E-state index contributed by atoms with van der Waals surface area (Å²) in [6.45, 7) is 9.87. The van der Waals surface area contributed by atoms with Gasteiger partial charge in [-0.15, -0.1) is 21.5 Å². The second-order valence-corrected chi connectivity index (χ2v) is 7.78. The van der Waals surface area contributed by atoms with Crippen molar-refractivity contribution < 1.29 is 9.21 Å². The van der Waals surface area contributed by atoms with Crippen LogP contribution in [-0.2, 0) is 4.79 Å². The zero-order valence-electron chi connectivity index (χ0n) is 15.2. The van der Waals surface area contributed by atoms with Gasteiger partial charge in [0.15, 0.2) is 0 Å². The largest absolute Gasteiger partial charge is 0.420 e. The van der Waals surface area contributed by atoms with E-state index in [9.17, 15) is 4.79 Å². The van der Waals surface area contributed by atoms with Crippen LogP contribution in [0.25, 0.3) is 10.8 Å². The van der Waals surface area contributed by atoms with Gasteiger partial charge in [0.2, 0.25) is 11.8 Å². The number of nitrogens with zero attached hydrogens (tertiary/aromatic N) is 4. The number of amides is 1. The average molecular weight is 362 g/mol. The number of hydrogen-bond acceptors (Lipinski definition) is 6. The zero-order valence-corrected chi connectivity index (χ0v) is 16.0. The van der Waals surface area contributed by atoms with Gasteiger partial charge in [-0.3, -0.25) is 9.69 Å². The number of likely N-dealkylation sites (tertiary alicyclic amines) is 1. The van der Waals surface area contributed by atoms with Crippen LogP contribution in [0.3, 0.4) is 0 Å². The Morgan fingerprint density at radius 3 is 2.84 bits per heavy atom. The summed E-state index contributed by atoms with van der Waals surface area (Å²) in [6, 6.07) is 4.08. The molecule has 136 valence electrons. The quantitative estimate of drug-likeness (QED) is 0.790. The van der Waals surface area contributed by atoms with E-state index in [2.05, 4.69) is 28.1 Å². The molecular weight excluding hydrogens is 336 g/mol. The Morgan fingerprint density at radius 1 is 1.36 bits per heavy atom. The van der Waals surface area contributed by atoms with E-state index in [4.69, 9.17) is 4.42 Å². The molecular formula is C18H26N4O2S. The molecule has 0 bridgehead atoms. The fourth-order valence-corrected chi connectivity index (χ4v) is 4.11. The van der Waals surface area contributed by atoms with Crippen molar-refractivity contribution >= 4 is 17.2 Å². The van der Waals surface area contributed by atoms with E-state index in [1.165, 1.54) is 4.88 Å². The maximum Gasteiger partial charge on any atom is 0.257 e. The van der Waals surface area contributed by atoms with E-state index in [0.717, 1.165) is 43.9 Å². The molecule has 1 atom stereocenters. The van der Waals surface area contributed by atoms with E-state index in [1.807, 2.05) is 24.8 Å². The van der Waals surface area contributed by atoms with Gasteiger partial charge in [0.25, 0.3) is 5.89 Å². The Hall–Kier alpha value is -1.73. The second kappa shape index (κ2) is 8.10. The van der Waals surface area contributed by atoms with Crippen molar-refractivity contribution in [2.75, 3.05) is 32.7 Å². The first-order chi connectivity index (χ1) is 12.1. The van der Waals surface area contributed by atoms with Crippen molar-refractivity contribution in [3.63, 3.8) is 0 Å². The van der Waals surface area contributed by atoms with Crippen molar-refractivity contribution in [1.29, 1.82) is 0 Å². The van der Waals surface area contributed by atoms with Crippen molar-refractivity contribution in [1.82, 2.24) is 20.0 Å². The lowest BCUT2D eigenvalue weighted by molar-refractivity contribution is -0.132. The Kier molecular flexibility index (Phi) is 5.86. The van der Waals surface area contributed by atoms with E-state index >= 15 is 0 Å². The van der Waals surface area contributed by atoms with Gasteiger partial charge < -0.3 is 9.32 Å². The molecule has 1 aliphatic heterocycles. The number of carbonyl (C=O) groups excluding carboxylic acids is 1. The first-order valence-electron chi connectivity index (χ1n) is 9.01. The minimum atomic E-state index is 0.200. The van der Waals surface area contributed by atoms with Crippen molar-refractivity contribution in [2.45, 2.75) is 39.5 Å². The smallest absolute Gasteiger partial charge is 0.257 e. The molecule has 1 saturated heterocycles. The van der Waals surface area contributed by atoms with Crippen molar-refractivity contribution in [2.24, 2.45) is 0 Å². The van der Waals surface area contributed by atoms with Crippen LogP contribution >= 0.6 is 11.3 Å². The molecule has 3 heterocycles. The number of thiophene rings is 1. The van der Waals surface area contributed by atoms with Crippen LogP contribution in [0.15, 0.2) is 16.5 Å². The molecule has 1 fully saturated rings. The Labute approximate surface area is 152 Å². The standard InChI is InChI=1S/C18H26N4O2S/c1-4-22(5-2)16(23)12-21-10-6-7-14(11-21)17-19-20-18(24-17)15-9-8-13(3)25-15/h8-9,14H,4-7,10-12H2,1-3H3/t14-/m0/s1. The summed E-state index contributed by atoms with van der Waals surface area (Å²) in [5.41, 5.74) is 0. The molecule has 0 saturated carbocycles. The SMILES string of the molecule is CCN(CC)C(=O)CN1CCC[C@H](c2nnc(-c3ccc(C)s3)o2)C1. The number of rotatable bonds is 6. The summed E-state index contributed by atoms with van der Waals surface area (Å²) in [4.78, 5) is 18.7. The molecule has 25 heavy (non-hydrogen) atoms. The highest BCUT2D eigenvalue weighted by molar-refractivity contribution is 7.15. The summed E-state index contributed by atoms with van der Waals surface area (Å²) < 4.78 is 5.93. The normalized spacial score (nSPS) is 18.4. The summed E-state index contributed by atoms with van der Waals surface area (Å²) in [5.74, 6) is 1.71. The first kappa shape index (κ1) is 18.1. The highest BCUT2D eigenvalue weighted by Gasteiger charge is 2.28. The summed E-state index contributed by atoms with van der Waals surface area (Å²) >= 11 is 1.66. The van der Waals surface area contributed by atoms with Crippen LogP contribution in [0.5, 0.6) is 0 Å². The minimum Gasteiger partial charge on any atom is -0.420 e. The number of piperidine rings is 1. The molecule has 1 aliphatic rings. The third-order valence-electron chi connectivity index (χ3n) is 4.72. The number of aryl methyl sites for hydroxylation is 1. The van der Waals surface area contributed by atoms with Crippen LogP contribution in [0.4, 0.5) is 0 Å². The maximum absolute atomic E-state index is 12.3. The highest BCUT2D eigenvalue weighted by atomic mass is 32.1. The van der Waals surface area contributed by atoms with E-state index in [0.29, 0.717) is 18.3 Å². The van der Waals surface area contributed by atoms with Gasteiger partial charge in [0.1, 0.15) is 0 Å². The van der Waals surface area contributed by atoms with Crippen molar-refractivity contribution in [3.8, 4) is 10.8 Å². The third-order valence-corrected chi connectivity index (χ3v) is 5.71. The molecule has 0 radical (unpaired) electrons. The molecule has 7 heteroatoms. The Balaban J connectivity index is 1.63. The lowest BCUT2D eigenvalue weighted by Crippen LogP contribution is -2.43. The monoisotopic (exact) mass is 362 g/mol. The molecule has 0 aliphatic carbocycles. The van der Waals surface area contributed by atoms with Gasteiger partial charge in [-0.2, -0.15) is 0 Å². The van der Waals surface area contributed by atoms with Gasteiger partial charge in [-0.1, -0.05) is 0 Å². The molecule has 0 N–H and O–H groups in total. The van der Waals surface area contributed by atoms with Gasteiger partial charge in [0, 0.05) is 24.5 Å². The van der Waals surface area contributed by atoms with Crippen LogP contribution < -0.4 is 0 Å². The lowest BCUT2D eigenvalue weighted by Gasteiger charge is -2.32. The summed E-state index contributed by atoms with van der Waals surface area (Å²) in [5, 5.41) is 8.49. The molecule has 0 spiro atoms. The first-order valence-corrected chi connectivity index (χ1v) is 9.82. The number of likely N-dealkylation sites (N-methyl/N-ethyl adjacent to an activating group) is 1. The molecule has 3 rings (SSSR count). The van der Waals surface area contributed by atoms with Crippen LogP contribution in [0.2, 0.25) is 0 Å². The fourth-order valence-electron chi connectivity index (χ4n) is 3.32.